The minimum Gasteiger partial charge on any atom is -0.466 e. The number of hydrogen-bond donors (Lipinski definition) is 2. The quantitative estimate of drug-likeness (QED) is 0.239. The molecule has 0 aromatic heterocycles. The molecule has 0 saturated heterocycles. The molecular weight excluding hydrogens is 316 g/mol. The molecule has 1 aliphatic rings. The third-order valence-electron chi connectivity index (χ3n) is 5.04. The van der Waals surface area contributed by atoms with Crippen molar-refractivity contribution >= 4 is 5.97 Å². The summed E-state index contributed by atoms with van der Waals surface area (Å²) >= 11 is 0. The van der Waals surface area contributed by atoms with Gasteiger partial charge < -0.3 is 14.9 Å². The molecule has 0 spiro atoms. The molecule has 0 aromatic rings. The number of carbonyl (C=O) groups excluding carboxylic acids is 1. The first-order valence-corrected chi connectivity index (χ1v) is 9.89. The molecule has 1 unspecified atom stereocenters. The van der Waals surface area contributed by atoms with Gasteiger partial charge in [-0.2, -0.15) is 0 Å². The van der Waals surface area contributed by atoms with Crippen LogP contribution in [0.1, 0.15) is 71.1 Å². The molecule has 25 heavy (non-hydrogen) atoms. The van der Waals surface area contributed by atoms with Crippen molar-refractivity contribution in [3.05, 3.63) is 23.8 Å². The van der Waals surface area contributed by atoms with E-state index in [2.05, 4.69) is 19.1 Å². The maximum Gasteiger partial charge on any atom is 0.333 e. The number of unbranched alkanes of at least 4 members (excludes halogenated alkanes) is 6. The Balaban J connectivity index is 2.65. The van der Waals surface area contributed by atoms with E-state index in [0.717, 1.165) is 64.2 Å². The average Bonchev–Trinajstić information content (AvgIpc) is 2.98. The lowest BCUT2D eigenvalue weighted by Crippen LogP contribution is -2.26. The van der Waals surface area contributed by atoms with Gasteiger partial charge in [0.2, 0.25) is 0 Å². The van der Waals surface area contributed by atoms with Crippen LogP contribution in [-0.2, 0) is 9.53 Å². The minimum atomic E-state index is -0.466. The molecule has 3 atom stereocenters. The predicted octanol–water partition coefficient (Wildman–Crippen LogP) is 4.16. The number of hydrogen-bond acceptors (Lipinski definition) is 4. The van der Waals surface area contributed by atoms with Crippen LogP contribution in [0.5, 0.6) is 0 Å². The van der Waals surface area contributed by atoms with Crippen LogP contribution in [0.4, 0.5) is 0 Å². The Labute approximate surface area is 153 Å². The highest BCUT2D eigenvalue weighted by atomic mass is 16.5. The molecule has 1 aliphatic carbocycles. The van der Waals surface area contributed by atoms with Crippen molar-refractivity contribution in [3.8, 4) is 0 Å². The van der Waals surface area contributed by atoms with E-state index in [9.17, 15) is 9.90 Å². The number of allylic oxidation sites excluding steroid dienone is 3. The fourth-order valence-corrected chi connectivity index (χ4v) is 3.60. The summed E-state index contributed by atoms with van der Waals surface area (Å²) in [6.45, 7) is 2.40. The lowest BCUT2D eigenvalue weighted by molar-refractivity contribution is -0.137. The number of aliphatic hydroxyl groups is 2. The highest BCUT2D eigenvalue weighted by molar-refractivity contribution is 5.89. The topological polar surface area (TPSA) is 66.8 Å². The van der Waals surface area contributed by atoms with Crippen molar-refractivity contribution in [1.29, 1.82) is 0 Å². The van der Waals surface area contributed by atoms with Crippen LogP contribution in [0.25, 0.3) is 0 Å². The number of carbonyl (C=O) groups is 1. The number of rotatable bonds is 12. The van der Waals surface area contributed by atoms with Crippen molar-refractivity contribution in [2.75, 3.05) is 13.7 Å². The second-order valence-corrected chi connectivity index (χ2v) is 6.98. The van der Waals surface area contributed by atoms with Crippen LogP contribution < -0.4 is 0 Å². The Kier molecular flexibility index (Phi) is 11.5. The van der Waals surface area contributed by atoms with Crippen LogP contribution in [0.3, 0.4) is 0 Å². The van der Waals surface area contributed by atoms with Crippen molar-refractivity contribution in [2.45, 2.75) is 77.2 Å². The second-order valence-electron chi connectivity index (χ2n) is 6.98. The summed E-state index contributed by atoms with van der Waals surface area (Å²) in [5.74, 6) is -0.237. The minimum absolute atomic E-state index is 0.144. The van der Waals surface area contributed by atoms with Crippen LogP contribution >= 0.6 is 0 Å². The molecule has 1 fully saturated rings. The Bertz CT molecular complexity index is 428. The van der Waals surface area contributed by atoms with Gasteiger partial charge in [-0.3, -0.25) is 0 Å². The smallest absolute Gasteiger partial charge is 0.333 e. The standard InChI is InChI=1S/C21H36O4/c1-3-4-9-13-18(21(24)25-2)20-17(14-15-19(20)23)12-10-7-5-6-8-11-16-22/h10,12-13,17,19-20,22-23H,3-9,11,14-16H2,1-2H3/b12-10?,18-13+/t17-,19-,20?/m1/s1. The molecule has 4 heteroatoms. The predicted molar refractivity (Wildman–Crippen MR) is 101 cm³/mol. The van der Waals surface area contributed by atoms with E-state index >= 15 is 0 Å². The van der Waals surface area contributed by atoms with Crippen molar-refractivity contribution in [1.82, 2.24) is 0 Å². The summed E-state index contributed by atoms with van der Waals surface area (Å²) in [6.07, 6.45) is 15.7. The summed E-state index contributed by atoms with van der Waals surface area (Å²) < 4.78 is 4.97. The van der Waals surface area contributed by atoms with E-state index < -0.39 is 6.10 Å². The molecule has 1 saturated carbocycles. The molecular formula is C21H36O4. The van der Waals surface area contributed by atoms with Gasteiger partial charge in [0.15, 0.2) is 0 Å². The van der Waals surface area contributed by atoms with Crippen LogP contribution in [0, 0.1) is 11.8 Å². The van der Waals surface area contributed by atoms with Crippen LogP contribution in [-0.4, -0.2) is 36.0 Å². The summed E-state index contributed by atoms with van der Waals surface area (Å²) in [7, 11) is 1.41. The van der Waals surface area contributed by atoms with Crippen molar-refractivity contribution in [3.63, 3.8) is 0 Å². The lowest BCUT2D eigenvalue weighted by Gasteiger charge is -2.22. The van der Waals surface area contributed by atoms with Gasteiger partial charge in [-0.15, -0.1) is 0 Å². The van der Waals surface area contributed by atoms with Gasteiger partial charge in [-0.05, 0) is 44.4 Å². The zero-order valence-electron chi connectivity index (χ0n) is 16.0. The monoisotopic (exact) mass is 352 g/mol. The molecule has 0 aromatic carbocycles. The Morgan fingerprint density at radius 3 is 2.56 bits per heavy atom. The van der Waals surface area contributed by atoms with E-state index in [1.54, 1.807) is 0 Å². The van der Waals surface area contributed by atoms with Gasteiger partial charge in [0.1, 0.15) is 0 Å². The summed E-state index contributed by atoms with van der Waals surface area (Å²) in [4.78, 5) is 12.2. The first kappa shape index (κ1) is 21.9. The average molecular weight is 353 g/mol. The van der Waals surface area contributed by atoms with E-state index in [0.29, 0.717) is 5.57 Å². The van der Waals surface area contributed by atoms with Crippen molar-refractivity contribution in [2.24, 2.45) is 11.8 Å². The highest BCUT2D eigenvalue weighted by Gasteiger charge is 2.38. The maximum atomic E-state index is 12.2. The van der Waals surface area contributed by atoms with E-state index in [1.165, 1.54) is 7.11 Å². The molecule has 144 valence electrons. The largest absolute Gasteiger partial charge is 0.466 e. The molecule has 4 nitrogen and oxygen atoms in total. The molecule has 0 bridgehead atoms. The zero-order chi connectivity index (χ0) is 18.5. The molecule has 1 rings (SSSR count). The van der Waals surface area contributed by atoms with E-state index in [1.807, 2.05) is 6.08 Å². The van der Waals surface area contributed by atoms with Gasteiger partial charge >= 0.3 is 5.97 Å². The third-order valence-corrected chi connectivity index (χ3v) is 5.04. The molecule has 0 heterocycles. The lowest BCUT2D eigenvalue weighted by atomic mass is 9.86. The number of aliphatic hydroxyl groups excluding tert-OH is 2. The zero-order valence-corrected chi connectivity index (χ0v) is 16.0. The fraction of sp³-hybridized carbons (Fsp3) is 0.762. The van der Waals surface area contributed by atoms with Crippen LogP contribution in [0.15, 0.2) is 23.8 Å². The van der Waals surface area contributed by atoms with Gasteiger partial charge in [0, 0.05) is 18.1 Å². The SMILES string of the molecule is CCCC/C=C(/C(=O)OC)C1[C@H](O)CC[C@H]1C=CCCCCCCO. The van der Waals surface area contributed by atoms with Gasteiger partial charge in [-0.1, -0.05) is 50.8 Å². The Hall–Kier alpha value is -1.13. The Morgan fingerprint density at radius 2 is 1.88 bits per heavy atom. The van der Waals surface area contributed by atoms with E-state index in [4.69, 9.17) is 9.84 Å². The maximum absolute atomic E-state index is 12.2. The van der Waals surface area contributed by atoms with Gasteiger partial charge in [0.25, 0.3) is 0 Å². The second kappa shape index (κ2) is 13.1. The molecule has 0 amide bonds. The molecule has 0 aliphatic heterocycles. The third kappa shape index (κ3) is 7.74. The highest BCUT2D eigenvalue weighted by Crippen LogP contribution is 2.39. The fourth-order valence-electron chi connectivity index (χ4n) is 3.60. The summed E-state index contributed by atoms with van der Waals surface area (Å²) in [6, 6.07) is 0. The molecule has 0 radical (unpaired) electrons. The van der Waals surface area contributed by atoms with Gasteiger partial charge in [0.05, 0.1) is 13.2 Å². The first-order valence-electron chi connectivity index (χ1n) is 9.89. The van der Waals surface area contributed by atoms with E-state index in [-0.39, 0.29) is 24.4 Å². The molecule has 2 N–H and O–H groups in total. The van der Waals surface area contributed by atoms with Crippen molar-refractivity contribution < 1.29 is 19.7 Å². The normalized spacial score (nSPS) is 24.2. The summed E-state index contributed by atoms with van der Waals surface area (Å²) in [5.41, 5.74) is 0.651. The van der Waals surface area contributed by atoms with Gasteiger partial charge in [-0.25, -0.2) is 4.79 Å². The number of ether oxygens (including phenoxy) is 1. The Morgan fingerprint density at radius 1 is 1.12 bits per heavy atom. The first-order chi connectivity index (χ1) is 12.2. The summed E-state index contributed by atoms with van der Waals surface area (Å²) in [5, 5.41) is 19.2. The number of esters is 1. The number of methoxy groups -OCH3 is 1. The van der Waals surface area contributed by atoms with Crippen LogP contribution in [0.2, 0.25) is 0 Å².